The number of Topliss-reactive ketones (excluding diaryl/α,β-unsaturated/α-hetero) is 1. The van der Waals surface area contributed by atoms with Crippen molar-refractivity contribution < 1.29 is 4.79 Å². The van der Waals surface area contributed by atoms with E-state index in [-0.39, 0.29) is 17.6 Å². The highest BCUT2D eigenvalue weighted by Crippen LogP contribution is 2.60. The molecule has 186 valence electrons. The lowest BCUT2D eigenvalue weighted by atomic mass is 9.70. The molecule has 3 atom stereocenters. The van der Waals surface area contributed by atoms with E-state index in [2.05, 4.69) is 86.5 Å². The Balaban J connectivity index is 1.56. The van der Waals surface area contributed by atoms with Crippen molar-refractivity contribution >= 4 is 16.8 Å². The molecule has 4 aromatic carbocycles. The fourth-order valence-electron chi connectivity index (χ4n) is 6.84. The summed E-state index contributed by atoms with van der Waals surface area (Å²) in [6.07, 6.45) is 0. The summed E-state index contributed by atoms with van der Waals surface area (Å²) in [6.45, 7) is 4.97. The van der Waals surface area contributed by atoms with Crippen LogP contribution in [0.5, 0.6) is 0 Å². The van der Waals surface area contributed by atoms with Crippen molar-refractivity contribution in [2.24, 2.45) is 5.92 Å². The van der Waals surface area contributed by atoms with Crippen LogP contribution in [0.3, 0.4) is 0 Å². The predicted octanol–water partition coefficient (Wildman–Crippen LogP) is 6.70. The normalized spacial score (nSPS) is 22.1. The van der Waals surface area contributed by atoms with E-state index in [0.717, 1.165) is 45.7 Å². The standard InChI is InChI=1S/C34H29N3O/c1-21-18-28-29(19-22(21)2)36-33-31(35-28)25-16-10-11-17-27(25)34(33)30(32(38)24-14-8-5-9-15-24)26(20-37(34)3)23-12-6-4-7-13-23/h4-19,26,30H,20H2,1-3H3/t26-,30+,34?/m0/s1. The van der Waals surface area contributed by atoms with Crippen LogP contribution < -0.4 is 0 Å². The third kappa shape index (κ3) is 3.10. The van der Waals surface area contributed by atoms with E-state index in [1.807, 2.05) is 36.4 Å². The first-order chi connectivity index (χ1) is 18.5. The molecular formula is C34H29N3O. The van der Waals surface area contributed by atoms with Crippen molar-refractivity contribution in [3.63, 3.8) is 0 Å². The first-order valence-electron chi connectivity index (χ1n) is 13.2. The van der Waals surface area contributed by atoms with Crippen LogP contribution in [-0.2, 0) is 5.54 Å². The van der Waals surface area contributed by atoms with Gasteiger partial charge >= 0.3 is 0 Å². The molecule has 2 aliphatic rings. The van der Waals surface area contributed by atoms with E-state index >= 15 is 0 Å². The fourth-order valence-corrected chi connectivity index (χ4v) is 6.84. The number of likely N-dealkylation sites (tertiary alicyclic amines) is 1. The maximum Gasteiger partial charge on any atom is 0.169 e. The zero-order chi connectivity index (χ0) is 26.0. The van der Waals surface area contributed by atoms with Crippen molar-refractivity contribution in [3.05, 3.63) is 131 Å². The van der Waals surface area contributed by atoms with Gasteiger partial charge in [0.05, 0.1) is 28.3 Å². The molecule has 1 spiro atoms. The molecule has 1 saturated heterocycles. The van der Waals surface area contributed by atoms with Crippen LogP contribution >= 0.6 is 0 Å². The Labute approximate surface area is 223 Å². The van der Waals surface area contributed by atoms with Gasteiger partial charge in [-0.25, -0.2) is 9.97 Å². The highest BCUT2D eigenvalue weighted by atomic mass is 16.1. The highest BCUT2D eigenvalue weighted by Gasteiger charge is 2.62. The second-order valence-electron chi connectivity index (χ2n) is 10.8. The smallest absolute Gasteiger partial charge is 0.169 e. The lowest BCUT2D eigenvalue weighted by Gasteiger charge is -2.38. The summed E-state index contributed by atoms with van der Waals surface area (Å²) in [6, 6.07) is 32.9. The summed E-state index contributed by atoms with van der Waals surface area (Å²) in [5.74, 6) is -0.211. The number of rotatable bonds is 3. The maximum atomic E-state index is 14.6. The van der Waals surface area contributed by atoms with E-state index < -0.39 is 5.54 Å². The number of fused-ring (bicyclic) bond motifs is 6. The summed E-state index contributed by atoms with van der Waals surface area (Å²) in [5, 5.41) is 0. The SMILES string of the molecule is Cc1cc2nc3c(nc2cc1C)C1(c2ccccc2-3)[C@@H](C(=O)c2ccccc2)[C@H](c2ccccc2)CN1C. The minimum Gasteiger partial charge on any atom is -0.294 e. The molecule has 1 aromatic heterocycles. The number of carbonyl (C=O) groups excluding carboxylic acids is 1. The molecule has 1 aliphatic carbocycles. The first-order valence-corrected chi connectivity index (χ1v) is 13.2. The van der Waals surface area contributed by atoms with Crippen LogP contribution in [0.25, 0.3) is 22.3 Å². The van der Waals surface area contributed by atoms with Crippen molar-refractivity contribution in [1.82, 2.24) is 14.9 Å². The minimum absolute atomic E-state index is 0.00478. The quantitative estimate of drug-likeness (QED) is 0.261. The van der Waals surface area contributed by atoms with Crippen molar-refractivity contribution in [2.75, 3.05) is 13.6 Å². The molecule has 5 aromatic rings. The molecule has 7 rings (SSSR count). The van der Waals surface area contributed by atoms with Crippen LogP contribution in [0.15, 0.2) is 97.1 Å². The molecule has 1 aliphatic heterocycles. The zero-order valence-electron chi connectivity index (χ0n) is 21.8. The van der Waals surface area contributed by atoms with E-state index in [0.29, 0.717) is 0 Å². The lowest BCUT2D eigenvalue weighted by Crippen LogP contribution is -2.46. The molecule has 1 unspecified atom stereocenters. The molecular weight excluding hydrogens is 466 g/mol. The molecule has 2 heterocycles. The average molecular weight is 496 g/mol. The van der Waals surface area contributed by atoms with E-state index in [9.17, 15) is 4.79 Å². The molecule has 0 N–H and O–H groups in total. The number of likely N-dealkylation sites (N-methyl/N-ethyl adjacent to an activating group) is 1. The van der Waals surface area contributed by atoms with E-state index in [4.69, 9.17) is 9.97 Å². The van der Waals surface area contributed by atoms with Gasteiger partial charge in [-0.05, 0) is 55.3 Å². The van der Waals surface area contributed by atoms with Crippen LogP contribution in [-0.4, -0.2) is 34.2 Å². The van der Waals surface area contributed by atoms with Crippen molar-refractivity contribution in [3.8, 4) is 11.3 Å². The van der Waals surface area contributed by atoms with Crippen LogP contribution in [0.4, 0.5) is 0 Å². The van der Waals surface area contributed by atoms with Gasteiger partial charge in [0.2, 0.25) is 0 Å². The van der Waals surface area contributed by atoms with Gasteiger partial charge in [-0.2, -0.15) is 0 Å². The average Bonchev–Trinajstić information content (AvgIpc) is 3.41. The van der Waals surface area contributed by atoms with Gasteiger partial charge < -0.3 is 0 Å². The Morgan fingerprint density at radius 1 is 0.816 bits per heavy atom. The molecule has 4 heteroatoms. The monoisotopic (exact) mass is 495 g/mol. The second kappa shape index (κ2) is 8.44. The van der Waals surface area contributed by atoms with Crippen LogP contribution in [0, 0.1) is 19.8 Å². The van der Waals surface area contributed by atoms with Crippen LogP contribution in [0.2, 0.25) is 0 Å². The summed E-state index contributed by atoms with van der Waals surface area (Å²) in [7, 11) is 2.15. The third-order valence-corrected chi connectivity index (χ3v) is 8.73. The Kier molecular flexibility index (Phi) is 5.11. The second-order valence-corrected chi connectivity index (χ2v) is 10.8. The number of benzene rings is 4. The fraction of sp³-hybridized carbons (Fsp3) is 0.206. The third-order valence-electron chi connectivity index (χ3n) is 8.73. The number of ketones is 1. The molecule has 38 heavy (non-hydrogen) atoms. The molecule has 1 fully saturated rings. The molecule has 0 radical (unpaired) electrons. The number of nitrogens with zero attached hydrogens (tertiary/aromatic N) is 3. The molecule has 0 saturated carbocycles. The van der Waals surface area contributed by atoms with Crippen molar-refractivity contribution in [1.29, 1.82) is 0 Å². The van der Waals surface area contributed by atoms with Gasteiger partial charge in [0.15, 0.2) is 5.78 Å². The summed E-state index contributed by atoms with van der Waals surface area (Å²) >= 11 is 0. The molecule has 0 amide bonds. The Morgan fingerprint density at radius 3 is 2.13 bits per heavy atom. The Bertz CT molecular complexity index is 1710. The predicted molar refractivity (Wildman–Crippen MR) is 151 cm³/mol. The first kappa shape index (κ1) is 23.0. The van der Waals surface area contributed by atoms with Gasteiger partial charge in [0.25, 0.3) is 0 Å². The lowest BCUT2D eigenvalue weighted by molar-refractivity contribution is 0.0807. The highest BCUT2D eigenvalue weighted by molar-refractivity contribution is 6.01. The number of aryl methyl sites for hydroxylation is 2. The zero-order valence-corrected chi connectivity index (χ0v) is 21.8. The van der Waals surface area contributed by atoms with Gasteiger partial charge in [0.1, 0.15) is 5.54 Å². The molecule has 0 bridgehead atoms. The Hall–Kier alpha value is -4.15. The summed E-state index contributed by atoms with van der Waals surface area (Å²) in [5.41, 5.74) is 9.33. The number of hydrogen-bond donors (Lipinski definition) is 0. The van der Waals surface area contributed by atoms with Gasteiger partial charge in [-0.3, -0.25) is 9.69 Å². The maximum absolute atomic E-state index is 14.6. The number of aromatic nitrogens is 2. The summed E-state index contributed by atoms with van der Waals surface area (Å²) < 4.78 is 0. The minimum atomic E-state index is -0.723. The number of carbonyl (C=O) groups is 1. The van der Waals surface area contributed by atoms with Crippen LogP contribution in [0.1, 0.15) is 44.2 Å². The van der Waals surface area contributed by atoms with E-state index in [1.54, 1.807) is 0 Å². The van der Waals surface area contributed by atoms with Gasteiger partial charge in [0, 0.05) is 23.6 Å². The van der Waals surface area contributed by atoms with E-state index in [1.165, 1.54) is 16.7 Å². The van der Waals surface area contributed by atoms with Gasteiger partial charge in [-0.1, -0.05) is 84.9 Å². The molecule has 4 nitrogen and oxygen atoms in total. The van der Waals surface area contributed by atoms with Gasteiger partial charge in [-0.15, -0.1) is 0 Å². The number of hydrogen-bond acceptors (Lipinski definition) is 4. The summed E-state index contributed by atoms with van der Waals surface area (Å²) in [4.78, 5) is 27.6. The van der Waals surface area contributed by atoms with Crippen molar-refractivity contribution in [2.45, 2.75) is 25.3 Å². The largest absolute Gasteiger partial charge is 0.294 e. The topological polar surface area (TPSA) is 46.1 Å². The Morgan fingerprint density at radius 2 is 1.42 bits per heavy atom.